The summed E-state index contributed by atoms with van der Waals surface area (Å²) in [4.78, 5) is 4.94. The summed E-state index contributed by atoms with van der Waals surface area (Å²) in [6.07, 6.45) is 6.78. The number of hydrogen-bond donors (Lipinski definition) is 1. The van der Waals surface area contributed by atoms with Crippen molar-refractivity contribution in [3.8, 4) is 0 Å². The Morgan fingerprint density at radius 2 is 1.75 bits per heavy atom. The van der Waals surface area contributed by atoms with E-state index in [0.717, 1.165) is 12.5 Å². The molecule has 1 aliphatic heterocycles. The lowest BCUT2D eigenvalue weighted by Crippen LogP contribution is -2.53. The van der Waals surface area contributed by atoms with Crippen molar-refractivity contribution < 1.29 is 0 Å². The zero-order chi connectivity index (χ0) is 11.5. The maximum atomic E-state index is 6.51. The van der Waals surface area contributed by atoms with Crippen LogP contribution in [0.4, 0.5) is 0 Å². The van der Waals surface area contributed by atoms with E-state index in [4.69, 9.17) is 5.73 Å². The third-order valence-corrected chi connectivity index (χ3v) is 4.50. The minimum absolute atomic E-state index is 0.382. The second kappa shape index (κ2) is 5.48. The van der Waals surface area contributed by atoms with Crippen molar-refractivity contribution in [2.45, 2.75) is 44.2 Å². The molecule has 16 heavy (non-hydrogen) atoms. The van der Waals surface area contributed by atoms with Crippen molar-refractivity contribution in [1.29, 1.82) is 0 Å². The molecule has 0 bridgehead atoms. The third-order valence-electron chi connectivity index (χ3n) is 4.50. The molecular weight excluding hydrogens is 198 g/mol. The van der Waals surface area contributed by atoms with Crippen molar-refractivity contribution in [3.05, 3.63) is 0 Å². The van der Waals surface area contributed by atoms with Gasteiger partial charge < -0.3 is 15.5 Å². The smallest absolute Gasteiger partial charge is 0.0373 e. The Morgan fingerprint density at radius 3 is 2.44 bits per heavy atom. The van der Waals surface area contributed by atoms with Gasteiger partial charge >= 0.3 is 0 Å². The Kier molecular flexibility index (Phi) is 4.22. The molecule has 2 aliphatic rings. The molecule has 0 aromatic carbocycles. The monoisotopic (exact) mass is 225 g/mol. The molecule has 0 aromatic rings. The Morgan fingerprint density at radius 1 is 1.06 bits per heavy atom. The molecule has 94 valence electrons. The van der Waals surface area contributed by atoms with Crippen molar-refractivity contribution >= 4 is 0 Å². The molecule has 1 heterocycles. The van der Waals surface area contributed by atoms with Gasteiger partial charge in [-0.2, -0.15) is 0 Å². The molecule has 1 saturated carbocycles. The zero-order valence-electron chi connectivity index (χ0n) is 10.9. The lowest BCUT2D eigenvalue weighted by molar-refractivity contribution is 0.166. The van der Waals surface area contributed by atoms with Gasteiger partial charge in [-0.15, -0.1) is 0 Å². The van der Waals surface area contributed by atoms with Crippen LogP contribution in [0.1, 0.15) is 32.1 Å². The Bertz CT molecular complexity index is 213. The second-order valence-electron chi connectivity index (χ2n) is 5.79. The Labute approximate surface area is 100.0 Å². The van der Waals surface area contributed by atoms with E-state index >= 15 is 0 Å². The molecule has 0 aromatic heterocycles. The number of likely N-dealkylation sites (N-methyl/N-ethyl adjacent to an activating group) is 2. The number of hydrogen-bond acceptors (Lipinski definition) is 3. The minimum atomic E-state index is 0.382. The topological polar surface area (TPSA) is 32.5 Å². The van der Waals surface area contributed by atoms with Crippen LogP contribution in [0.25, 0.3) is 0 Å². The zero-order valence-corrected chi connectivity index (χ0v) is 10.9. The SMILES string of the molecule is CN1CCCN(C)C(C(N)C2CCCC2)C1. The molecular formula is C13H27N3. The molecule has 0 radical (unpaired) electrons. The molecule has 3 nitrogen and oxygen atoms in total. The third kappa shape index (κ3) is 2.76. The van der Waals surface area contributed by atoms with Crippen molar-refractivity contribution in [2.24, 2.45) is 11.7 Å². The first-order valence-electron chi connectivity index (χ1n) is 6.83. The van der Waals surface area contributed by atoms with Gasteiger partial charge in [0, 0.05) is 18.6 Å². The van der Waals surface area contributed by atoms with E-state index in [0.29, 0.717) is 12.1 Å². The van der Waals surface area contributed by atoms with Crippen molar-refractivity contribution in [1.82, 2.24) is 9.80 Å². The Balaban J connectivity index is 1.98. The molecule has 1 saturated heterocycles. The molecule has 0 amide bonds. The second-order valence-corrected chi connectivity index (χ2v) is 5.79. The highest BCUT2D eigenvalue weighted by Crippen LogP contribution is 2.29. The maximum Gasteiger partial charge on any atom is 0.0373 e. The predicted molar refractivity (Wildman–Crippen MR) is 68.5 cm³/mol. The highest BCUT2D eigenvalue weighted by molar-refractivity contribution is 4.91. The predicted octanol–water partition coefficient (Wildman–Crippen LogP) is 1.14. The lowest BCUT2D eigenvalue weighted by atomic mass is 9.91. The van der Waals surface area contributed by atoms with Crippen LogP contribution in [-0.4, -0.2) is 55.6 Å². The van der Waals surface area contributed by atoms with E-state index < -0.39 is 0 Å². The highest BCUT2D eigenvalue weighted by atomic mass is 15.2. The molecule has 0 spiro atoms. The molecule has 3 heteroatoms. The average Bonchev–Trinajstić information content (AvgIpc) is 2.72. The fraction of sp³-hybridized carbons (Fsp3) is 1.00. The summed E-state index contributed by atoms with van der Waals surface area (Å²) in [6, 6.07) is 0.948. The lowest BCUT2D eigenvalue weighted by Gasteiger charge is -2.35. The van der Waals surface area contributed by atoms with Crippen molar-refractivity contribution in [3.63, 3.8) is 0 Å². The van der Waals surface area contributed by atoms with Gasteiger partial charge in [0.2, 0.25) is 0 Å². The van der Waals surface area contributed by atoms with Crippen LogP contribution < -0.4 is 5.73 Å². The normalized spacial score (nSPS) is 32.8. The van der Waals surface area contributed by atoms with Gasteiger partial charge in [0.25, 0.3) is 0 Å². The van der Waals surface area contributed by atoms with E-state index in [9.17, 15) is 0 Å². The molecule has 2 fully saturated rings. The van der Waals surface area contributed by atoms with Crippen LogP contribution in [0.3, 0.4) is 0 Å². The van der Waals surface area contributed by atoms with Gasteiger partial charge in [-0.3, -0.25) is 0 Å². The highest BCUT2D eigenvalue weighted by Gasteiger charge is 2.32. The van der Waals surface area contributed by atoms with Crippen molar-refractivity contribution in [2.75, 3.05) is 33.7 Å². The van der Waals surface area contributed by atoms with E-state index in [1.165, 1.54) is 45.2 Å². The van der Waals surface area contributed by atoms with E-state index in [2.05, 4.69) is 23.9 Å². The van der Waals surface area contributed by atoms with Gasteiger partial charge in [-0.05, 0) is 52.4 Å². The first-order chi connectivity index (χ1) is 7.68. The molecule has 2 N–H and O–H groups in total. The van der Waals surface area contributed by atoms with Gasteiger partial charge in [0.1, 0.15) is 0 Å². The summed E-state index contributed by atoms with van der Waals surface area (Å²) in [6.45, 7) is 3.57. The maximum absolute atomic E-state index is 6.51. The van der Waals surface area contributed by atoms with Crippen LogP contribution in [0.2, 0.25) is 0 Å². The van der Waals surface area contributed by atoms with E-state index in [1.807, 2.05) is 0 Å². The van der Waals surface area contributed by atoms with Gasteiger partial charge in [-0.25, -0.2) is 0 Å². The summed E-state index contributed by atoms with van der Waals surface area (Å²) < 4.78 is 0. The summed E-state index contributed by atoms with van der Waals surface area (Å²) in [5, 5.41) is 0. The average molecular weight is 225 g/mol. The molecule has 2 atom stereocenters. The van der Waals surface area contributed by atoms with Crippen LogP contribution >= 0.6 is 0 Å². The van der Waals surface area contributed by atoms with Crippen LogP contribution in [0.5, 0.6) is 0 Å². The first kappa shape index (κ1) is 12.3. The molecule has 2 rings (SSSR count). The minimum Gasteiger partial charge on any atom is -0.326 e. The summed E-state index contributed by atoms with van der Waals surface area (Å²) in [5.74, 6) is 0.777. The van der Waals surface area contributed by atoms with Gasteiger partial charge in [0.15, 0.2) is 0 Å². The standard InChI is InChI=1S/C13H27N3/c1-15-8-5-9-16(2)12(10-15)13(14)11-6-3-4-7-11/h11-13H,3-10,14H2,1-2H3. The summed E-state index contributed by atoms with van der Waals surface area (Å²) in [7, 11) is 4.48. The Hall–Kier alpha value is -0.120. The van der Waals surface area contributed by atoms with Crippen LogP contribution in [-0.2, 0) is 0 Å². The van der Waals surface area contributed by atoms with E-state index in [-0.39, 0.29) is 0 Å². The van der Waals surface area contributed by atoms with Gasteiger partial charge in [0.05, 0.1) is 0 Å². The number of nitrogens with zero attached hydrogens (tertiary/aromatic N) is 2. The summed E-state index contributed by atoms with van der Waals surface area (Å²) >= 11 is 0. The number of rotatable bonds is 2. The molecule has 2 unspecified atom stereocenters. The van der Waals surface area contributed by atoms with Gasteiger partial charge in [-0.1, -0.05) is 12.8 Å². The first-order valence-corrected chi connectivity index (χ1v) is 6.83. The fourth-order valence-corrected chi connectivity index (χ4v) is 3.38. The molecule has 1 aliphatic carbocycles. The summed E-state index contributed by atoms with van der Waals surface area (Å²) in [5.41, 5.74) is 6.51. The quantitative estimate of drug-likeness (QED) is 0.765. The van der Waals surface area contributed by atoms with E-state index in [1.54, 1.807) is 0 Å². The van der Waals surface area contributed by atoms with Crippen LogP contribution in [0, 0.1) is 5.92 Å². The van der Waals surface area contributed by atoms with Crippen LogP contribution in [0.15, 0.2) is 0 Å². The number of nitrogens with two attached hydrogens (primary N) is 1. The fourth-order valence-electron chi connectivity index (χ4n) is 3.38. The largest absolute Gasteiger partial charge is 0.326 e.